The van der Waals surface area contributed by atoms with Crippen LogP contribution in [0, 0.1) is 0 Å². The van der Waals surface area contributed by atoms with E-state index in [9.17, 15) is 9.59 Å². The highest BCUT2D eigenvalue weighted by molar-refractivity contribution is 6.18. The van der Waals surface area contributed by atoms with Crippen LogP contribution in [0.4, 0.5) is 0 Å². The Morgan fingerprint density at radius 2 is 1.09 bits per heavy atom. The van der Waals surface area contributed by atoms with Crippen LogP contribution in [0.15, 0.2) is 71.8 Å². The van der Waals surface area contributed by atoms with Gasteiger partial charge < -0.3 is 0 Å². The topological polar surface area (TPSA) is 74.3 Å². The van der Waals surface area contributed by atoms with Crippen molar-refractivity contribution in [2.75, 3.05) is 6.54 Å². The molecule has 0 aliphatic carbocycles. The second-order valence-corrected chi connectivity index (χ2v) is 9.34. The SMILES string of the molecule is CC1=C(C)C(=O)N(CCC(OOC(C)(C)c2ccccc2)OOC(C)(C)c2ccccc2)C1=O. The van der Waals surface area contributed by atoms with Gasteiger partial charge in [0.05, 0.1) is 0 Å². The Kier molecular flexibility index (Phi) is 8.05. The van der Waals surface area contributed by atoms with Gasteiger partial charge in [-0.1, -0.05) is 60.7 Å². The number of benzene rings is 2. The molecule has 0 fully saturated rings. The molecule has 0 atom stereocenters. The molecule has 3 rings (SSSR count). The van der Waals surface area contributed by atoms with E-state index in [1.54, 1.807) is 13.8 Å². The van der Waals surface area contributed by atoms with Gasteiger partial charge in [-0.3, -0.25) is 14.5 Å². The Labute approximate surface area is 201 Å². The van der Waals surface area contributed by atoms with Gasteiger partial charge in [0.25, 0.3) is 11.8 Å². The van der Waals surface area contributed by atoms with E-state index >= 15 is 0 Å². The quantitative estimate of drug-likeness (QED) is 0.196. The van der Waals surface area contributed by atoms with Crippen LogP contribution in [0.1, 0.15) is 59.1 Å². The van der Waals surface area contributed by atoms with Gasteiger partial charge in [-0.05, 0) is 52.7 Å². The van der Waals surface area contributed by atoms with Gasteiger partial charge in [0.2, 0.25) is 6.29 Å². The Morgan fingerprint density at radius 1 is 0.706 bits per heavy atom. The van der Waals surface area contributed by atoms with Crippen molar-refractivity contribution < 1.29 is 29.1 Å². The molecule has 0 saturated heterocycles. The summed E-state index contributed by atoms with van der Waals surface area (Å²) < 4.78 is 0. The minimum absolute atomic E-state index is 0.0985. The van der Waals surface area contributed by atoms with Crippen molar-refractivity contribution in [1.29, 1.82) is 0 Å². The second kappa shape index (κ2) is 10.6. The van der Waals surface area contributed by atoms with Crippen LogP contribution in [-0.4, -0.2) is 29.5 Å². The van der Waals surface area contributed by atoms with Crippen molar-refractivity contribution in [2.24, 2.45) is 0 Å². The molecule has 1 heterocycles. The molecule has 7 nitrogen and oxygen atoms in total. The molecule has 34 heavy (non-hydrogen) atoms. The Morgan fingerprint density at radius 3 is 1.47 bits per heavy atom. The third kappa shape index (κ3) is 5.98. The molecule has 2 aromatic rings. The highest BCUT2D eigenvalue weighted by Crippen LogP contribution is 2.29. The highest BCUT2D eigenvalue weighted by Gasteiger charge is 2.35. The van der Waals surface area contributed by atoms with Gasteiger partial charge in [-0.25, -0.2) is 19.6 Å². The zero-order chi connectivity index (χ0) is 24.9. The number of hydrogen-bond donors (Lipinski definition) is 0. The average Bonchev–Trinajstić information content (AvgIpc) is 3.02. The van der Waals surface area contributed by atoms with Crippen LogP contribution < -0.4 is 0 Å². The largest absolute Gasteiger partial charge is 0.275 e. The summed E-state index contributed by atoms with van der Waals surface area (Å²) in [6.45, 7) is 10.9. The van der Waals surface area contributed by atoms with Crippen LogP contribution >= 0.6 is 0 Å². The molecule has 0 aromatic heterocycles. The predicted molar refractivity (Wildman–Crippen MR) is 127 cm³/mol. The molecule has 0 unspecified atom stereocenters. The van der Waals surface area contributed by atoms with Gasteiger partial charge in [0, 0.05) is 24.1 Å². The molecule has 0 bridgehead atoms. The summed E-state index contributed by atoms with van der Waals surface area (Å²) in [7, 11) is 0. The van der Waals surface area contributed by atoms with E-state index in [1.165, 1.54) is 4.90 Å². The van der Waals surface area contributed by atoms with Crippen LogP contribution in [0.25, 0.3) is 0 Å². The minimum Gasteiger partial charge on any atom is -0.275 e. The number of imide groups is 1. The maximum Gasteiger partial charge on any atom is 0.256 e. The number of carbonyl (C=O) groups excluding carboxylic acids is 2. The average molecular weight is 468 g/mol. The van der Waals surface area contributed by atoms with Crippen molar-refractivity contribution in [3.05, 3.63) is 82.9 Å². The summed E-state index contributed by atoms with van der Waals surface area (Å²) in [6.07, 6.45) is -0.832. The predicted octanol–water partition coefficient (Wildman–Crippen LogP) is 5.17. The van der Waals surface area contributed by atoms with E-state index < -0.39 is 17.5 Å². The van der Waals surface area contributed by atoms with Crippen molar-refractivity contribution in [1.82, 2.24) is 4.90 Å². The first-order valence-corrected chi connectivity index (χ1v) is 11.4. The maximum atomic E-state index is 12.4. The fourth-order valence-corrected chi connectivity index (χ4v) is 3.49. The molecule has 182 valence electrons. The highest BCUT2D eigenvalue weighted by atomic mass is 17.3. The Balaban J connectivity index is 1.69. The van der Waals surface area contributed by atoms with Crippen LogP contribution in [0.5, 0.6) is 0 Å². The third-order valence-corrected chi connectivity index (χ3v) is 5.95. The van der Waals surface area contributed by atoms with Crippen LogP contribution in [0.2, 0.25) is 0 Å². The van der Waals surface area contributed by atoms with Crippen molar-refractivity contribution in [3.8, 4) is 0 Å². The summed E-state index contributed by atoms with van der Waals surface area (Å²) in [6, 6.07) is 19.3. The molecule has 1 aliphatic heterocycles. The zero-order valence-corrected chi connectivity index (χ0v) is 20.7. The molecular formula is C27H33NO6. The third-order valence-electron chi connectivity index (χ3n) is 5.95. The Bertz CT molecular complexity index is 950. The van der Waals surface area contributed by atoms with Gasteiger partial charge in [-0.15, -0.1) is 0 Å². The van der Waals surface area contributed by atoms with Crippen molar-refractivity contribution in [2.45, 2.75) is 65.5 Å². The van der Waals surface area contributed by atoms with Crippen LogP contribution in [0.3, 0.4) is 0 Å². The lowest BCUT2D eigenvalue weighted by molar-refractivity contribution is -0.504. The van der Waals surface area contributed by atoms with Gasteiger partial charge in [0.15, 0.2) is 0 Å². The maximum absolute atomic E-state index is 12.4. The number of carbonyl (C=O) groups is 2. The van der Waals surface area contributed by atoms with Gasteiger partial charge in [-0.2, -0.15) is 0 Å². The molecule has 0 saturated carbocycles. The molecule has 1 aliphatic rings. The molecule has 0 N–H and O–H groups in total. The van der Waals surface area contributed by atoms with Gasteiger partial charge in [0.1, 0.15) is 11.2 Å². The first-order chi connectivity index (χ1) is 16.0. The zero-order valence-electron chi connectivity index (χ0n) is 20.7. The van der Waals surface area contributed by atoms with E-state index in [2.05, 4.69) is 0 Å². The fourth-order valence-electron chi connectivity index (χ4n) is 3.49. The van der Waals surface area contributed by atoms with Gasteiger partial charge >= 0.3 is 0 Å². The number of nitrogens with zero attached hydrogens (tertiary/aromatic N) is 1. The smallest absolute Gasteiger partial charge is 0.256 e. The molecule has 2 amide bonds. The number of amides is 2. The molecule has 2 aromatic carbocycles. The molecule has 0 spiro atoms. The van der Waals surface area contributed by atoms with E-state index in [4.69, 9.17) is 19.6 Å². The molecular weight excluding hydrogens is 434 g/mol. The number of hydrogen-bond acceptors (Lipinski definition) is 6. The summed E-state index contributed by atoms with van der Waals surface area (Å²) >= 11 is 0. The normalized spacial score (nSPS) is 15.1. The summed E-state index contributed by atoms with van der Waals surface area (Å²) in [5, 5.41) is 0. The summed E-state index contributed by atoms with van der Waals surface area (Å²) in [4.78, 5) is 48.9. The van der Waals surface area contributed by atoms with E-state index in [-0.39, 0.29) is 24.8 Å². The lowest BCUT2D eigenvalue weighted by Gasteiger charge is -2.30. The number of rotatable bonds is 11. The summed E-state index contributed by atoms with van der Waals surface area (Å²) in [5.41, 5.74) is 1.19. The monoisotopic (exact) mass is 467 g/mol. The van der Waals surface area contributed by atoms with E-state index in [0.717, 1.165) is 11.1 Å². The lowest BCUT2D eigenvalue weighted by atomic mass is 9.99. The minimum atomic E-state index is -0.993. The first-order valence-electron chi connectivity index (χ1n) is 11.4. The first kappa shape index (κ1) is 25.8. The van der Waals surface area contributed by atoms with E-state index in [0.29, 0.717) is 11.1 Å². The second-order valence-electron chi connectivity index (χ2n) is 9.34. The standard InChI is InChI=1S/C27H33NO6/c1-19-20(2)25(30)28(24(19)29)18-17-23(31-33-26(3,4)21-13-9-7-10-14-21)32-34-27(5,6)22-15-11-8-12-16-22/h7-16,23H,17-18H2,1-6H3. The molecule has 0 radical (unpaired) electrons. The Hall–Kier alpha value is -2.84. The summed E-state index contributed by atoms with van der Waals surface area (Å²) in [5.74, 6) is -0.616. The van der Waals surface area contributed by atoms with E-state index in [1.807, 2.05) is 88.4 Å². The molecule has 7 heteroatoms. The fraction of sp³-hybridized carbons (Fsp3) is 0.407. The lowest BCUT2D eigenvalue weighted by Crippen LogP contribution is -2.36. The van der Waals surface area contributed by atoms with Crippen molar-refractivity contribution in [3.63, 3.8) is 0 Å². The van der Waals surface area contributed by atoms with Crippen LogP contribution in [-0.2, 0) is 40.3 Å². The van der Waals surface area contributed by atoms with Crippen molar-refractivity contribution >= 4 is 11.8 Å².